The molecule has 9 nitrogen and oxygen atoms in total. The molecule has 0 aromatic carbocycles. The maximum Gasteiger partial charge on any atom is 0.276 e. The number of aromatic nitrogens is 1. The molecule has 1 amide bonds. The van der Waals surface area contributed by atoms with Crippen LogP contribution in [0.15, 0.2) is 12.1 Å². The third-order valence-corrected chi connectivity index (χ3v) is 3.38. The van der Waals surface area contributed by atoms with Gasteiger partial charge in [-0.25, -0.2) is 10.8 Å². The van der Waals surface area contributed by atoms with Crippen LogP contribution in [0, 0.1) is 16.0 Å². The van der Waals surface area contributed by atoms with Crippen LogP contribution in [0.4, 0.5) is 17.3 Å². The van der Waals surface area contributed by atoms with E-state index in [1.54, 1.807) is 0 Å². The van der Waals surface area contributed by atoms with Crippen molar-refractivity contribution >= 4 is 23.2 Å². The highest BCUT2D eigenvalue weighted by molar-refractivity contribution is 5.77. The third kappa shape index (κ3) is 2.94. The number of hydrazine groups is 1. The minimum Gasteiger partial charge on any atom is -0.369 e. The molecule has 0 aliphatic carbocycles. The highest BCUT2D eigenvalue weighted by atomic mass is 16.6. The molecule has 1 aliphatic rings. The first kappa shape index (κ1) is 14.0. The van der Waals surface area contributed by atoms with Gasteiger partial charge in [0.05, 0.1) is 17.1 Å². The van der Waals surface area contributed by atoms with Crippen LogP contribution in [-0.4, -0.2) is 28.9 Å². The molecule has 20 heavy (non-hydrogen) atoms. The van der Waals surface area contributed by atoms with Gasteiger partial charge in [0.15, 0.2) is 0 Å². The predicted molar refractivity (Wildman–Crippen MR) is 72.8 cm³/mol. The molecule has 1 saturated heterocycles. The van der Waals surface area contributed by atoms with Gasteiger partial charge in [-0.05, 0) is 12.8 Å². The first-order chi connectivity index (χ1) is 9.51. The van der Waals surface area contributed by atoms with E-state index in [-0.39, 0.29) is 23.3 Å². The Balaban J connectivity index is 2.19. The molecule has 0 radical (unpaired) electrons. The number of pyridine rings is 1. The SMILES string of the molecule is NNc1cc([N+](=O)[O-])cc(N2CCC(C(N)=O)CC2)n1. The third-order valence-electron chi connectivity index (χ3n) is 3.38. The van der Waals surface area contributed by atoms with Crippen molar-refractivity contribution in [2.24, 2.45) is 17.5 Å². The summed E-state index contributed by atoms with van der Waals surface area (Å²) in [6.45, 7) is 1.15. The molecule has 0 unspecified atom stereocenters. The molecule has 1 aliphatic heterocycles. The summed E-state index contributed by atoms with van der Waals surface area (Å²) in [7, 11) is 0. The van der Waals surface area contributed by atoms with E-state index in [2.05, 4.69) is 10.4 Å². The number of nitrogens with zero attached hydrogens (tertiary/aromatic N) is 3. The molecule has 0 saturated carbocycles. The fourth-order valence-electron chi connectivity index (χ4n) is 2.24. The number of hydrogen-bond donors (Lipinski definition) is 3. The Morgan fingerprint density at radius 2 is 2.10 bits per heavy atom. The maximum atomic E-state index is 11.1. The normalized spacial score (nSPS) is 15.9. The summed E-state index contributed by atoms with van der Waals surface area (Å²) in [5.41, 5.74) is 7.50. The van der Waals surface area contributed by atoms with Crippen molar-refractivity contribution < 1.29 is 9.72 Å². The number of nitrogen functional groups attached to an aromatic ring is 1. The molecule has 2 rings (SSSR count). The molecule has 108 valence electrons. The van der Waals surface area contributed by atoms with Crippen LogP contribution >= 0.6 is 0 Å². The number of primary amides is 1. The number of nitrogens with one attached hydrogen (secondary N) is 1. The lowest BCUT2D eigenvalue weighted by Crippen LogP contribution is -2.39. The lowest BCUT2D eigenvalue weighted by Gasteiger charge is -2.31. The molecule has 0 bridgehead atoms. The number of piperidine rings is 1. The van der Waals surface area contributed by atoms with Gasteiger partial charge in [-0.2, -0.15) is 0 Å². The summed E-state index contributed by atoms with van der Waals surface area (Å²) in [6.07, 6.45) is 1.23. The molecular weight excluding hydrogens is 264 g/mol. The van der Waals surface area contributed by atoms with Crippen LogP contribution in [0.3, 0.4) is 0 Å². The minimum atomic E-state index is -0.498. The fraction of sp³-hybridized carbons (Fsp3) is 0.455. The summed E-state index contributed by atoms with van der Waals surface area (Å²) in [5, 5.41) is 10.9. The molecular formula is C11H16N6O3. The lowest BCUT2D eigenvalue weighted by molar-refractivity contribution is -0.384. The van der Waals surface area contributed by atoms with E-state index in [9.17, 15) is 14.9 Å². The number of carbonyl (C=O) groups is 1. The lowest BCUT2D eigenvalue weighted by atomic mass is 9.96. The second kappa shape index (κ2) is 5.70. The summed E-state index contributed by atoms with van der Waals surface area (Å²) in [6, 6.07) is 2.66. The number of carbonyl (C=O) groups excluding carboxylic acids is 1. The van der Waals surface area contributed by atoms with Gasteiger partial charge in [-0.1, -0.05) is 0 Å². The second-order valence-corrected chi connectivity index (χ2v) is 4.63. The monoisotopic (exact) mass is 280 g/mol. The van der Waals surface area contributed by atoms with Crippen LogP contribution in [-0.2, 0) is 4.79 Å². The molecule has 9 heteroatoms. The Hall–Kier alpha value is -2.42. The predicted octanol–water partition coefficient (Wildman–Crippen LogP) is -0.0229. The van der Waals surface area contributed by atoms with Crippen LogP contribution in [0.5, 0.6) is 0 Å². The highest BCUT2D eigenvalue weighted by Crippen LogP contribution is 2.26. The van der Waals surface area contributed by atoms with Gasteiger partial charge in [-0.3, -0.25) is 14.9 Å². The average molecular weight is 280 g/mol. The zero-order valence-corrected chi connectivity index (χ0v) is 10.8. The summed E-state index contributed by atoms with van der Waals surface area (Å²) < 4.78 is 0. The van der Waals surface area contributed by atoms with Crippen LogP contribution in [0.1, 0.15) is 12.8 Å². The van der Waals surface area contributed by atoms with E-state index >= 15 is 0 Å². The molecule has 1 aromatic rings. The van der Waals surface area contributed by atoms with Crippen LogP contribution in [0.2, 0.25) is 0 Å². The topological polar surface area (TPSA) is 140 Å². The van der Waals surface area contributed by atoms with Crippen molar-refractivity contribution in [1.29, 1.82) is 0 Å². The van der Waals surface area contributed by atoms with Gasteiger partial charge >= 0.3 is 0 Å². The molecule has 0 spiro atoms. The Morgan fingerprint density at radius 1 is 1.45 bits per heavy atom. The Bertz CT molecular complexity index is 527. The van der Waals surface area contributed by atoms with E-state index in [1.165, 1.54) is 12.1 Å². The molecule has 1 fully saturated rings. The standard InChI is InChI=1S/C11H16N6O3/c12-11(18)7-1-3-16(4-2-7)10-6-8(17(19)20)5-9(14-10)15-13/h5-7H,1-4,13H2,(H2,12,18)(H,14,15). The average Bonchev–Trinajstić information content (AvgIpc) is 2.46. The Labute approximate surface area is 115 Å². The van der Waals surface area contributed by atoms with Crippen molar-refractivity contribution in [1.82, 2.24) is 4.98 Å². The number of hydrogen-bond acceptors (Lipinski definition) is 7. The number of nitrogens with two attached hydrogens (primary N) is 2. The van der Waals surface area contributed by atoms with Gasteiger partial charge in [0.25, 0.3) is 5.69 Å². The number of rotatable bonds is 4. The van der Waals surface area contributed by atoms with Gasteiger partial charge in [0.2, 0.25) is 5.91 Å². The molecule has 5 N–H and O–H groups in total. The first-order valence-corrected chi connectivity index (χ1v) is 6.18. The quantitative estimate of drug-likeness (QED) is 0.399. The molecule has 2 heterocycles. The molecule has 1 aromatic heterocycles. The van der Waals surface area contributed by atoms with Gasteiger partial charge in [0, 0.05) is 19.0 Å². The first-order valence-electron chi connectivity index (χ1n) is 6.18. The highest BCUT2D eigenvalue weighted by Gasteiger charge is 2.25. The fourth-order valence-corrected chi connectivity index (χ4v) is 2.24. The number of anilines is 2. The van der Waals surface area contributed by atoms with E-state index in [0.29, 0.717) is 31.7 Å². The Kier molecular flexibility index (Phi) is 3.99. The van der Waals surface area contributed by atoms with E-state index in [4.69, 9.17) is 11.6 Å². The van der Waals surface area contributed by atoms with Crippen molar-refractivity contribution in [2.45, 2.75) is 12.8 Å². The number of nitro groups is 1. The van der Waals surface area contributed by atoms with E-state index < -0.39 is 4.92 Å². The van der Waals surface area contributed by atoms with Crippen molar-refractivity contribution in [3.05, 3.63) is 22.2 Å². The van der Waals surface area contributed by atoms with E-state index in [1.807, 2.05) is 4.90 Å². The van der Waals surface area contributed by atoms with Gasteiger partial charge < -0.3 is 16.1 Å². The zero-order valence-electron chi connectivity index (χ0n) is 10.8. The summed E-state index contributed by atoms with van der Waals surface area (Å²) in [4.78, 5) is 27.6. The number of amides is 1. The minimum absolute atomic E-state index is 0.0834. The van der Waals surface area contributed by atoms with Crippen molar-refractivity contribution in [3.63, 3.8) is 0 Å². The van der Waals surface area contributed by atoms with Crippen LogP contribution in [0.25, 0.3) is 0 Å². The van der Waals surface area contributed by atoms with Crippen LogP contribution < -0.4 is 21.9 Å². The van der Waals surface area contributed by atoms with Crippen molar-refractivity contribution in [3.8, 4) is 0 Å². The largest absolute Gasteiger partial charge is 0.369 e. The van der Waals surface area contributed by atoms with Gasteiger partial charge in [-0.15, -0.1) is 0 Å². The zero-order chi connectivity index (χ0) is 14.7. The Morgan fingerprint density at radius 3 is 2.60 bits per heavy atom. The summed E-state index contributed by atoms with van der Waals surface area (Å²) in [5.74, 6) is 5.51. The van der Waals surface area contributed by atoms with Gasteiger partial charge in [0.1, 0.15) is 11.6 Å². The smallest absolute Gasteiger partial charge is 0.276 e. The molecule has 0 atom stereocenters. The van der Waals surface area contributed by atoms with E-state index in [0.717, 1.165) is 0 Å². The summed E-state index contributed by atoms with van der Waals surface area (Å²) >= 11 is 0. The second-order valence-electron chi connectivity index (χ2n) is 4.63. The maximum absolute atomic E-state index is 11.1. The van der Waals surface area contributed by atoms with Crippen molar-refractivity contribution in [2.75, 3.05) is 23.4 Å².